The molecule has 0 radical (unpaired) electrons. The average molecular weight is 455 g/mol. The second kappa shape index (κ2) is 9.35. The zero-order valence-corrected chi connectivity index (χ0v) is 18.7. The van der Waals surface area contributed by atoms with Crippen LogP contribution in [0.5, 0.6) is 0 Å². The highest BCUT2D eigenvalue weighted by atomic mass is 16.2. The molecule has 5 rings (SSSR count). The largest absolute Gasteiger partial charge is 0.367 e. The third-order valence-corrected chi connectivity index (χ3v) is 6.26. The molecule has 3 aromatic heterocycles. The van der Waals surface area contributed by atoms with Crippen LogP contribution in [0.1, 0.15) is 42.7 Å². The molecule has 0 bridgehead atoms. The average Bonchev–Trinajstić information content (AvgIpc) is 3.70. The number of aromatic nitrogens is 3. The fourth-order valence-electron chi connectivity index (χ4n) is 4.20. The van der Waals surface area contributed by atoms with Crippen LogP contribution in [0, 0.1) is 11.3 Å². The molecule has 9 heteroatoms. The molecule has 1 aliphatic heterocycles. The maximum atomic E-state index is 11.3. The van der Waals surface area contributed by atoms with Crippen LogP contribution in [0.15, 0.2) is 48.8 Å². The summed E-state index contributed by atoms with van der Waals surface area (Å²) in [6.07, 6.45) is 7.49. The van der Waals surface area contributed by atoms with Crippen molar-refractivity contribution in [1.82, 2.24) is 19.9 Å². The molecule has 1 saturated carbocycles. The Morgan fingerprint density at radius 2 is 1.85 bits per heavy atom. The van der Waals surface area contributed by atoms with Gasteiger partial charge in [-0.2, -0.15) is 5.26 Å². The maximum absolute atomic E-state index is 11.3. The van der Waals surface area contributed by atoms with Crippen LogP contribution in [0.3, 0.4) is 0 Å². The molecule has 34 heavy (non-hydrogen) atoms. The molecule has 0 atom stereocenters. The molecule has 1 saturated heterocycles. The zero-order chi connectivity index (χ0) is 23.5. The molecule has 2 aliphatic rings. The third kappa shape index (κ3) is 5.07. The summed E-state index contributed by atoms with van der Waals surface area (Å²) < 4.78 is 0. The summed E-state index contributed by atoms with van der Waals surface area (Å²) in [5.74, 6) is 2.65. The molecular formula is C25H26N8O. The van der Waals surface area contributed by atoms with E-state index in [1.54, 1.807) is 23.2 Å². The minimum atomic E-state index is -0.357. The van der Waals surface area contributed by atoms with Gasteiger partial charge in [-0.15, -0.1) is 0 Å². The molecule has 0 unspecified atom stereocenters. The van der Waals surface area contributed by atoms with Gasteiger partial charge in [-0.25, -0.2) is 19.7 Å². The lowest BCUT2D eigenvalue weighted by molar-refractivity contribution is 0.193. The van der Waals surface area contributed by atoms with E-state index in [1.807, 2.05) is 18.3 Å². The summed E-state index contributed by atoms with van der Waals surface area (Å²) in [5, 5.41) is 15.9. The number of piperidine rings is 1. The lowest BCUT2D eigenvalue weighted by Crippen LogP contribution is -2.44. The Balaban J connectivity index is 1.32. The van der Waals surface area contributed by atoms with E-state index in [9.17, 15) is 4.79 Å². The Morgan fingerprint density at radius 3 is 2.53 bits per heavy atom. The number of carbonyl (C=O) groups is 1. The number of carbonyl (C=O) groups excluding carboxylic acids is 1. The predicted molar refractivity (Wildman–Crippen MR) is 129 cm³/mol. The van der Waals surface area contributed by atoms with E-state index in [0.29, 0.717) is 36.2 Å². The van der Waals surface area contributed by atoms with Crippen molar-refractivity contribution < 1.29 is 4.79 Å². The number of likely N-dealkylation sites (tertiary alicyclic amines) is 1. The van der Waals surface area contributed by atoms with E-state index < -0.39 is 0 Å². The van der Waals surface area contributed by atoms with Gasteiger partial charge in [0.2, 0.25) is 0 Å². The Bertz CT molecular complexity index is 1220. The van der Waals surface area contributed by atoms with Gasteiger partial charge in [0.05, 0.1) is 17.3 Å². The smallest absolute Gasteiger partial charge is 0.314 e. The lowest BCUT2D eigenvalue weighted by Gasteiger charge is -2.31. The van der Waals surface area contributed by atoms with E-state index in [4.69, 9.17) is 16.0 Å². The molecule has 9 nitrogen and oxygen atoms in total. The molecular weight excluding hydrogens is 428 g/mol. The Hall–Kier alpha value is -4.19. The number of pyridine rings is 3. The van der Waals surface area contributed by atoms with E-state index in [-0.39, 0.29) is 12.1 Å². The second-order valence-corrected chi connectivity index (χ2v) is 8.79. The Morgan fingerprint density at radius 1 is 1.03 bits per heavy atom. The van der Waals surface area contributed by atoms with Crippen molar-refractivity contribution in [2.75, 3.05) is 23.7 Å². The summed E-state index contributed by atoms with van der Waals surface area (Å²) in [7, 11) is 0. The zero-order valence-electron chi connectivity index (χ0n) is 18.7. The van der Waals surface area contributed by atoms with Crippen LogP contribution in [0.4, 0.5) is 22.2 Å². The molecule has 4 N–H and O–H groups in total. The number of urea groups is 1. The normalized spacial score (nSPS) is 16.0. The van der Waals surface area contributed by atoms with Crippen LogP contribution < -0.4 is 16.4 Å². The summed E-state index contributed by atoms with van der Waals surface area (Å²) in [4.78, 5) is 26.7. The van der Waals surface area contributed by atoms with E-state index in [1.165, 1.54) is 18.4 Å². The van der Waals surface area contributed by atoms with E-state index >= 15 is 0 Å². The maximum Gasteiger partial charge on any atom is 0.314 e. The van der Waals surface area contributed by atoms with Gasteiger partial charge in [0.1, 0.15) is 17.5 Å². The summed E-state index contributed by atoms with van der Waals surface area (Å²) in [5.41, 5.74) is 8.93. The van der Waals surface area contributed by atoms with Gasteiger partial charge in [0.15, 0.2) is 0 Å². The molecule has 2 fully saturated rings. The van der Waals surface area contributed by atoms with Gasteiger partial charge in [0.25, 0.3) is 0 Å². The standard InChI is InChI=1S/C25H26N8O/c26-14-16-5-8-28-23(11-16)32-24-13-19(17-1-2-17)12-21(31-24)18-3-4-22(29-15-18)30-20-6-9-33(10-7-20)25(27)34/h3-5,8,11-13,15,17,20H,1-2,6-7,9-10H2,(H2,27,34)(H,29,30)(H,28,31,32). The van der Waals surface area contributed by atoms with Crippen molar-refractivity contribution in [3.8, 4) is 17.3 Å². The van der Waals surface area contributed by atoms with Crippen LogP contribution in [0.2, 0.25) is 0 Å². The van der Waals surface area contributed by atoms with Crippen LogP contribution >= 0.6 is 0 Å². The topological polar surface area (TPSA) is 133 Å². The molecule has 0 aromatic carbocycles. The minimum absolute atomic E-state index is 0.262. The molecule has 3 aromatic rings. The van der Waals surface area contributed by atoms with Crippen molar-refractivity contribution in [3.63, 3.8) is 0 Å². The van der Waals surface area contributed by atoms with Gasteiger partial charge < -0.3 is 21.3 Å². The van der Waals surface area contributed by atoms with Crippen molar-refractivity contribution >= 4 is 23.5 Å². The number of anilines is 3. The van der Waals surface area contributed by atoms with Gasteiger partial charge >= 0.3 is 6.03 Å². The Kier molecular flexibility index (Phi) is 5.95. The monoisotopic (exact) mass is 454 g/mol. The van der Waals surface area contributed by atoms with Gasteiger partial charge in [-0.1, -0.05) is 0 Å². The number of hydrogen-bond acceptors (Lipinski definition) is 7. The first kappa shape index (κ1) is 21.6. The number of amides is 2. The highest BCUT2D eigenvalue weighted by Gasteiger charge is 2.25. The second-order valence-electron chi connectivity index (χ2n) is 8.79. The molecule has 172 valence electrons. The fourth-order valence-corrected chi connectivity index (χ4v) is 4.20. The molecule has 4 heterocycles. The first-order chi connectivity index (χ1) is 16.6. The van der Waals surface area contributed by atoms with Gasteiger partial charge in [-0.3, -0.25) is 0 Å². The number of hydrogen-bond donors (Lipinski definition) is 3. The van der Waals surface area contributed by atoms with Crippen LogP contribution in [-0.2, 0) is 0 Å². The molecule has 1 aliphatic carbocycles. The summed E-state index contributed by atoms with van der Waals surface area (Å²) in [6, 6.07) is 13.6. The molecule has 2 amide bonds. The quantitative estimate of drug-likeness (QED) is 0.513. The minimum Gasteiger partial charge on any atom is -0.367 e. The number of nitriles is 1. The van der Waals surface area contributed by atoms with E-state index in [2.05, 4.69) is 38.8 Å². The van der Waals surface area contributed by atoms with Crippen molar-refractivity contribution in [3.05, 3.63) is 59.9 Å². The third-order valence-electron chi connectivity index (χ3n) is 6.26. The van der Waals surface area contributed by atoms with Crippen LogP contribution in [0.25, 0.3) is 11.3 Å². The SMILES string of the molecule is N#Cc1ccnc(Nc2cc(C3CC3)cc(-c3ccc(NC4CCN(C(N)=O)CC4)nc3)n2)c1. The van der Waals surface area contributed by atoms with Crippen molar-refractivity contribution in [2.45, 2.75) is 37.6 Å². The van der Waals surface area contributed by atoms with Crippen LogP contribution in [-0.4, -0.2) is 45.0 Å². The fraction of sp³-hybridized carbons (Fsp3) is 0.320. The lowest BCUT2D eigenvalue weighted by atomic mass is 10.1. The van der Waals surface area contributed by atoms with Crippen molar-refractivity contribution in [2.24, 2.45) is 5.73 Å². The first-order valence-corrected chi connectivity index (χ1v) is 11.5. The number of rotatable bonds is 6. The first-order valence-electron chi connectivity index (χ1n) is 11.5. The number of primary amides is 1. The van der Waals surface area contributed by atoms with E-state index in [0.717, 1.165) is 29.9 Å². The number of nitrogens with one attached hydrogen (secondary N) is 2. The van der Waals surface area contributed by atoms with Gasteiger partial charge in [-0.05, 0) is 73.6 Å². The number of nitrogens with two attached hydrogens (primary N) is 1. The number of nitrogens with zero attached hydrogens (tertiary/aromatic N) is 5. The Labute approximate surface area is 198 Å². The van der Waals surface area contributed by atoms with Gasteiger partial charge in [0, 0.05) is 37.1 Å². The van der Waals surface area contributed by atoms with Crippen molar-refractivity contribution in [1.29, 1.82) is 5.26 Å². The highest BCUT2D eigenvalue weighted by Crippen LogP contribution is 2.42. The molecule has 0 spiro atoms. The summed E-state index contributed by atoms with van der Waals surface area (Å²) in [6.45, 7) is 1.32. The predicted octanol–water partition coefficient (Wildman–Crippen LogP) is 3.99. The highest BCUT2D eigenvalue weighted by molar-refractivity contribution is 5.72. The summed E-state index contributed by atoms with van der Waals surface area (Å²) >= 11 is 0.